The number of ether oxygens (including phenoxy) is 1. The topological polar surface area (TPSA) is 49.8 Å². The predicted octanol–water partition coefficient (Wildman–Crippen LogP) is 2.28. The van der Waals surface area contributed by atoms with E-state index in [0.717, 1.165) is 14.2 Å². The maximum atomic E-state index is 11.4. The Morgan fingerprint density at radius 3 is 2.71 bits per heavy atom. The first-order valence-corrected chi connectivity index (χ1v) is 7.01. The lowest BCUT2D eigenvalue weighted by atomic mass is 10.2. The molecule has 0 aliphatic carbocycles. The normalized spacial score (nSPS) is 19.2. The van der Waals surface area contributed by atoms with Gasteiger partial charge in [-0.2, -0.15) is 0 Å². The third-order valence-electron chi connectivity index (χ3n) is 2.79. The summed E-state index contributed by atoms with van der Waals surface area (Å²) in [4.78, 5) is 15.4. The van der Waals surface area contributed by atoms with E-state index in [2.05, 4.69) is 15.9 Å². The summed E-state index contributed by atoms with van der Waals surface area (Å²) in [5.74, 6) is -0.791. The average molecular weight is 320 g/mol. The molecule has 0 aromatic carbocycles. The number of morpholine rings is 1. The Balaban J connectivity index is 2.24. The molecular formula is C11H14BrNO3S. The lowest BCUT2D eigenvalue weighted by Gasteiger charge is -2.31. The van der Waals surface area contributed by atoms with Crippen molar-refractivity contribution in [1.82, 2.24) is 4.90 Å². The van der Waals surface area contributed by atoms with E-state index in [1.54, 1.807) is 0 Å². The molecular weight excluding hydrogens is 306 g/mol. The van der Waals surface area contributed by atoms with Crippen LogP contribution < -0.4 is 0 Å². The molecule has 0 radical (unpaired) electrons. The zero-order valence-electron chi connectivity index (χ0n) is 9.48. The number of aryl methyl sites for hydroxylation is 1. The van der Waals surface area contributed by atoms with Gasteiger partial charge in [-0.05, 0) is 28.9 Å². The summed E-state index contributed by atoms with van der Waals surface area (Å²) in [6.07, 6.45) is 0. The second kappa shape index (κ2) is 5.48. The highest BCUT2D eigenvalue weighted by Crippen LogP contribution is 2.33. The molecule has 0 bridgehead atoms. The molecule has 1 aliphatic heterocycles. The van der Waals surface area contributed by atoms with Gasteiger partial charge < -0.3 is 9.84 Å². The number of hydrogen-bond donors (Lipinski definition) is 1. The SMILES string of the molecule is Cc1sc(C(C(=O)O)N2CCOCC2)cc1Br. The average Bonchev–Trinajstić information content (AvgIpc) is 2.60. The third-order valence-corrected chi connectivity index (χ3v) is 4.98. The molecule has 0 saturated carbocycles. The molecule has 0 spiro atoms. The van der Waals surface area contributed by atoms with E-state index in [1.165, 1.54) is 11.3 Å². The van der Waals surface area contributed by atoms with Crippen molar-refractivity contribution in [3.63, 3.8) is 0 Å². The number of carbonyl (C=O) groups is 1. The van der Waals surface area contributed by atoms with Gasteiger partial charge in [-0.25, -0.2) is 0 Å². The fraction of sp³-hybridized carbons (Fsp3) is 0.545. The number of thiophene rings is 1. The number of hydrogen-bond acceptors (Lipinski definition) is 4. The smallest absolute Gasteiger partial charge is 0.326 e. The van der Waals surface area contributed by atoms with Crippen LogP contribution in [0.5, 0.6) is 0 Å². The minimum atomic E-state index is -0.791. The number of aliphatic carboxylic acids is 1. The third kappa shape index (κ3) is 2.88. The molecule has 94 valence electrons. The standard InChI is InChI=1S/C11H14BrNO3S/c1-7-8(12)6-9(17-7)10(11(14)15)13-2-4-16-5-3-13/h6,10H,2-5H2,1H3,(H,14,15). The van der Waals surface area contributed by atoms with Crippen LogP contribution in [0.2, 0.25) is 0 Å². The van der Waals surface area contributed by atoms with Crippen molar-refractivity contribution < 1.29 is 14.6 Å². The van der Waals surface area contributed by atoms with E-state index >= 15 is 0 Å². The zero-order valence-corrected chi connectivity index (χ0v) is 11.9. The van der Waals surface area contributed by atoms with Gasteiger partial charge in [0.25, 0.3) is 0 Å². The van der Waals surface area contributed by atoms with Gasteiger partial charge in [0.15, 0.2) is 0 Å². The van der Waals surface area contributed by atoms with E-state index < -0.39 is 12.0 Å². The monoisotopic (exact) mass is 319 g/mol. The Labute approximate surface area is 112 Å². The number of halogens is 1. The summed E-state index contributed by atoms with van der Waals surface area (Å²) in [6.45, 7) is 4.54. The van der Waals surface area contributed by atoms with Gasteiger partial charge in [-0.3, -0.25) is 9.69 Å². The number of carboxylic acids is 1. The lowest BCUT2D eigenvalue weighted by molar-refractivity contribution is -0.145. The first kappa shape index (κ1) is 13.0. The molecule has 1 aromatic heterocycles. The highest BCUT2D eigenvalue weighted by atomic mass is 79.9. The van der Waals surface area contributed by atoms with Crippen molar-refractivity contribution in [2.24, 2.45) is 0 Å². The minimum absolute atomic E-state index is 0.547. The molecule has 0 amide bonds. The van der Waals surface area contributed by atoms with E-state index in [4.69, 9.17) is 4.74 Å². The summed E-state index contributed by atoms with van der Waals surface area (Å²) in [5, 5.41) is 9.39. The second-order valence-electron chi connectivity index (χ2n) is 3.94. The van der Waals surface area contributed by atoms with Gasteiger partial charge in [-0.1, -0.05) is 0 Å². The fourth-order valence-electron chi connectivity index (χ4n) is 1.91. The molecule has 1 aliphatic rings. The molecule has 17 heavy (non-hydrogen) atoms. The highest BCUT2D eigenvalue weighted by Gasteiger charge is 2.30. The molecule has 2 heterocycles. The predicted molar refractivity (Wildman–Crippen MR) is 69.5 cm³/mol. The Morgan fingerprint density at radius 1 is 1.59 bits per heavy atom. The summed E-state index contributed by atoms with van der Waals surface area (Å²) >= 11 is 4.97. The van der Waals surface area contributed by atoms with Crippen molar-refractivity contribution in [2.45, 2.75) is 13.0 Å². The van der Waals surface area contributed by atoms with Crippen LogP contribution in [0.15, 0.2) is 10.5 Å². The van der Waals surface area contributed by atoms with Crippen molar-refractivity contribution in [1.29, 1.82) is 0 Å². The van der Waals surface area contributed by atoms with E-state index in [-0.39, 0.29) is 0 Å². The molecule has 1 N–H and O–H groups in total. The van der Waals surface area contributed by atoms with Crippen molar-refractivity contribution in [3.8, 4) is 0 Å². The molecule has 1 unspecified atom stereocenters. The van der Waals surface area contributed by atoms with E-state index in [1.807, 2.05) is 17.9 Å². The maximum Gasteiger partial charge on any atom is 0.326 e. The van der Waals surface area contributed by atoms with Crippen LogP contribution in [0.1, 0.15) is 15.8 Å². The van der Waals surface area contributed by atoms with Crippen molar-refractivity contribution in [2.75, 3.05) is 26.3 Å². The Bertz CT molecular complexity index is 395. The molecule has 4 nitrogen and oxygen atoms in total. The molecule has 1 atom stereocenters. The first-order chi connectivity index (χ1) is 8.09. The summed E-state index contributed by atoms with van der Waals surface area (Å²) in [5.41, 5.74) is 0. The quantitative estimate of drug-likeness (QED) is 0.928. The van der Waals surface area contributed by atoms with Crippen LogP contribution in [-0.4, -0.2) is 42.3 Å². The van der Waals surface area contributed by atoms with Gasteiger partial charge in [0.1, 0.15) is 6.04 Å². The van der Waals surface area contributed by atoms with Gasteiger partial charge in [-0.15, -0.1) is 11.3 Å². The first-order valence-electron chi connectivity index (χ1n) is 5.40. The summed E-state index contributed by atoms with van der Waals surface area (Å²) in [6, 6.07) is 1.36. The Hall–Kier alpha value is -0.430. The van der Waals surface area contributed by atoms with Crippen LogP contribution in [-0.2, 0) is 9.53 Å². The van der Waals surface area contributed by atoms with Gasteiger partial charge >= 0.3 is 5.97 Å². The summed E-state index contributed by atoms with van der Waals surface area (Å²) in [7, 11) is 0. The lowest BCUT2D eigenvalue weighted by Crippen LogP contribution is -2.41. The van der Waals surface area contributed by atoms with Crippen LogP contribution in [0.4, 0.5) is 0 Å². The van der Waals surface area contributed by atoms with Crippen molar-refractivity contribution >= 4 is 33.2 Å². The van der Waals surface area contributed by atoms with Gasteiger partial charge in [0, 0.05) is 27.3 Å². The van der Waals surface area contributed by atoms with E-state index in [0.29, 0.717) is 26.3 Å². The fourth-order valence-corrected chi connectivity index (χ4v) is 3.60. The van der Waals surface area contributed by atoms with Crippen LogP contribution >= 0.6 is 27.3 Å². The number of rotatable bonds is 3. The molecule has 1 fully saturated rings. The van der Waals surface area contributed by atoms with Crippen LogP contribution in [0, 0.1) is 6.92 Å². The number of nitrogens with zero attached hydrogens (tertiary/aromatic N) is 1. The van der Waals surface area contributed by atoms with Crippen LogP contribution in [0.25, 0.3) is 0 Å². The van der Waals surface area contributed by atoms with E-state index in [9.17, 15) is 9.90 Å². The van der Waals surface area contributed by atoms with Crippen molar-refractivity contribution in [3.05, 3.63) is 20.3 Å². The van der Waals surface area contributed by atoms with Gasteiger partial charge in [0.05, 0.1) is 13.2 Å². The zero-order chi connectivity index (χ0) is 12.4. The number of carboxylic acid groups (broad SMARTS) is 1. The van der Waals surface area contributed by atoms with Crippen LogP contribution in [0.3, 0.4) is 0 Å². The summed E-state index contributed by atoms with van der Waals surface area (Å²) < 4.78 is 6.24. The Morgan fingerprint density at radius 2 is 2.24 bits per heavy atom. The highest BCUT2D eigenvalue weighted by molar-refractivity contribution is 9.10. The molecule has 6 heteroatoms. The molecule has 1 aromatic rings. The minimum Gasteiger partial charge on any atom is -0.480 e. The molecule has 2 rings (SSSR count). The Kier molecular flexibility index (Phi) is 4.19. The second-order valence-corrected chi connectivity index (χ2v) is 6.08. The van der Waals surface area contributed by atoms with Gasteiger partial charge in [0.2, 0.25) is 0 Å². The maximum absolute atomic E-state index is 11.4. The molecule has 1 saturated heterocycles. The largest absolute Gasteiger partial charge is 0.480 e.